The normalized spacial score (nSPS) is 19.3. The van der Waals surface area contributed by atoms with Crippen molar-refractivity contribution < 1.29 is 8.57 Å². The van der Waals surface area contributed by atoms with E-state index in [0.29, 0.717) is 6.54 Å². The topological polar surface area (TPSA) is 34.1 Å². The van der Waals surface area contributed by atoms with Crippen LogP contribution in [0.15, 0.2) is 59.6 Å². The molecular formula is C20H19BrN2O2. The summed E-state index contributed by atoms with van der Waals surface area (Å²) in [5.41, 5.74) is 5.77. The van der Waals surface area contributed by atoms with E-state index in [4.69, 9.17) is 13.6 Å². The predicted molar refractivity (Wildman–Crippen MR) is 103 cm³/mol. The molecule has 4 nitrogen and oxygen atoms in total. The molecule has 0 aromatic heterocycles. The Balaban J connectivity index is 1.83. The lowest BCUT2D eigenvalue weighted by Crippen LogP contribution is -2.39. The molecule has 0 saturated carbocycles. The first-order valence-corrected chi connectivity index (χ1v) is 8.98. The van der Waals surface area contributed by atoms with Crippen molar-refractivity contribution in [2.75, 3.05) is 20.2 Å². The first kappa shape index (κ1) is 16.4. The van der Waals surface area contributed by atoms with Gasteiger partial charge in [-0.2, -0.15) is 0 Å². The molecule has 1 unspecified atom stereocenters. The van der Waals surface area contributed by atoms with Crippen molar-refractivity contribution in [3.8, 4) is 5.75 Å². The molecule has 0 radical (unpaired) electrons. The summed E-state index contributed by atoms with van der Waals surface area (Å²) in [6.45, 7) is 1.49. The Kier molecular flexibility index (Phi) is 4.59. The summed E-state index contributed by atoms with van der Waals surface area (Å²) in [5, 5.41) is 0. The molecule has 0 amide bonds. The number of benzene rings is 2. The smallest absolute Gasteiger partial charge is 0.163 e. The van der Waals surface area contributed by atoms with Crippen molar-refractivity contribution in [1.82, 2.24) is 4.90 Å². The second-order valence-corrected chi connectivity index (χ2v) is 6.51. The van der Waals surface area contributed by atoms with Crippen LogP contribution in [0, 0.1) is 0 Å². The van der Waals surface area contributed by atoms with Gasteiger partial charge in [-0.1, -0.05) is 36.4 Å². The number of rotatable bonds is 3. The Morgan fingerprint density at radius 2 is 2.04 bits per heavy atom. The molecule has 2 heterocycles. The molecule has 2 aliphatic rings. The van der Waals surface area contributed by atoms with Crippen molar-refractivity contribution >= 4 is 27.7 Å². The second-order valence-electron chi connectivity index (χ2n) is 6.13. The molecule has 0 saturated heterocycles. The first-order valence-electron chi connectivity index (χ1n) is 8.33. The van der Waals surface area contributed by atoms with Crippen molar-refractivity contribution in [2.24, 2.45) is 4.99 Å². The molecule has 128 valence electrons. The van der Waals surface area contributed by atoms with Crippen LogP contribution in [0.25, 0.3) is 5.70 Å². The van der Waals surface area contributed by atoms with E-state index in [1.165, 1.54) is 11.1 Å². The maximum absolute atomic E-state index is 5.55. The average Bonchev–Trinajstić information content (AvgIpc) is 2.87. The molecule has 0 aliphatic carbocycles. The van der Waals surface area contributed by atoms with Crippen molar-refractivity contribution in [2.45, 2.75) is 12.6 Å². The maximum atomic E-state index is 5.55. The van der Waals surface area contributed by atoms with Crippen LogP contribution in [0.2, 0.25) is 0 Å². The zero-order chi connectivity index (χ0) is 17.2. The number of hydrogen-bond donors (Lipinski definition) is 0. The molecule has 4 rings (SSSR count). The van der Waals surface area contributed by atoms with Crippen LogP contribution in [-0.2, 0) is 10.2 Å². The van der Waals surface area contributed by atoms with Gasteiger partial charge in [0, 0.05) is 23.4 Å². The van der Waals surface area contributed by atoms with Crippen LogP contribution in [0.3, 0.4) is 0 Å². The van der Waals surface area contributed by atoms with Gasteiger partial charge in [0.1, 0.15) is 22.0 Å². The molecule has 0 bridgehead atoms. The van der Waals surface area contributed by atoms with Gasteiger partial charge in [0.15, 0.2) is 6.23 Å². The first-order chi connectivity index (χ1) is 12.3. The molecule has 25 heavy (non-hydrogen) atoms. The number of ether oxygens (including phenoxy) is 1. The number of nitrogens with zero attached hydrogens (tertiary/aromatic N) is 2. The van der Waals surface area contributed by atoms with Gasteiger partial charge in [0.2, 0.25) is 0 Å². The SMILES string of the molecule is COc1cccc(C2=NCC(OBr)N3CCc4ccccc4C3=C2)c1. The van der Waals surface area contributed by atoms with Crippen molar-refractivity contribution in [1.29, 1.82) is 0 Å². The highest BCUT2D eigenvalue weighted by Crippen LogP contribution is 2.33. The summed E-state index contributed by atoms with van der Waals surface area (Å²) < 4.78 is 10.9. The van der Waals surface area contributed by atoms with Crippen LogP contribution in [0.1, 0.15) is 16.7 Å². The highest BCUT2D eigenvalue weighted by molar-refractivity contribution is 9.06. The van der Waals surface area contributed by atoms with Gasteiger partial charge in [0.05, 0.1) is 19.4 Å². The van der Waals surface area contributed by atoms with Crippen molar-refractivity contribution in [3.63, 3.8) is 0 Å². The minimum absolute atomic E-state index is 0.122. The molecule has 2 aliphatic heterocycles. The summed E-state index contributed by atoms with van der Waals surface area (Å²) in [6, 6.07) is 16.6. The fourth-order valence-corrected chi connectivity index (χ4v) is 3.77. The molecule has 0 N–H and O–H groups in total. The van der Waals surface area contributed by atoms with Gasteiger partial charge < -0.3 is 9.64 Å². The van der Waals surface area contributed by atoms with Gasteiger partial charge in [0.25, 0.3) is 0 Å². The summed E-state index contributed by atoms with van der Waals surface area (Å²) in [7, 11) is 1.68. The Hall–Kier alpha value is -2.11. The van der Waals surface area contributed by atoms with E-state index in [1.54, 1.807) is 7.11 Å². The lowest BCUT2D eigenvalue weighted by atomic mass is 9.95. The number of methoxy groups -OCH3 is 1. The zero-order valence-corrected chi connectivity index (χ0v) is 15.6. The highest BCUT2D eigenvalue weighted by atomic mass is 79.9. The van der Waals surface area contributed by atoms with E-state index in [-0.39, 0.29) is 6.23 Å². The summed E-state index contributed by atoms with van der Waals surface area (Å²) in [5.74, 6) is 0.831. The van der Waals surface area contributed by atoms with Gasteiger partial charge >= 0.3 is 0 Å². The molecule has 5 heteroatoms. The van der Waals surface area contributed by atoms with Crippen LogP contribution in [-0.4, -0.2) is 37.0 Å². The van der Waals surface area contributed by atoms with E-state index in [0.717, 1.165) is 35.7 Å². The Bertz CT molecular complexity index is 847. The van der Waals surface area contributed by atoms with E-state index in [1.807, 2.05) is 18.2 Å². The van der Waals surface area contributed by atoms with Gasteiger partial charge in [-0.25, -0.2) is 0 Å². The molecule has 0 spiro atoms. The number of hydrogen-bond acceptors (Lipinski definition) is 4. The van der Waals surface area contributed by atoms with Crippen LogP contribution < -0.4 is 4.74 Å². The fourth-order valence-electron chi connectivity index (χ4n) is 3.45. The van der Waals surface area contributed by atoms with Gasteiger partial charge in [-0.15, -0.1) is 0 Å². The van der Waals surface area contributed by atoms with Crippen LogP contribution in [0.5, 0.6) is 5.75 Å². The predicted octanol–water partition coefficient (Wildman–Crippen LogP) is 4.05. The Morgan fingerprint density at radius 3 is 2.88 bits per heavy atom. The third kappa shape index (κ3) is 3.10. The minimum Gasteiger partial charge on any atom is -0.497 e. The van der Waals surface area contributed by atoms with Crippen LogP contribution >= 0.6 is 16.3 Å². The monoisotopic (exact) mass is 398 g/mol. The van der Waals surface area contributed by atoms with E-state index < -0.39 is 0 Å². The van der Waals surface area contributed by atoms with E-state index in [2.05, 4.69) is 57.6 Å². The van der Waals surface area contributed by atoms with Gasteiger partial charge in [-0.05, 0) is 30.2 Å². The fraction of sp³-hybridized carbons (Fsp3) is 0.250. The summed E-state index contributed by atoms with van der Waals surface area (Å²) in [4.78, 5) is 7.09. The molecule has 2 aromatic carbocycles. The number of aliphatic imine (C=N–C) groups is 1. The maximum Gasteiger partial charge on any atom is 0.163 e. The number of allylic oxidation sites excluding steroid dienone is 1. The summed E-state index contributed by atoms with van der Waals surface area (Å²) >= 11 is 3.19. The standard InChI is InChI=1S/C20H19BrN2O2/c1-24-16-7-4-6-15(11-16)18-12-19-17-8-3-2-5-14(17)9-10-23(19)20(25-21)13-22-18/h2-8,11-12,20H,9-10,13H2,1H3. The minimum atomic E-state index is -0.122. The third-order valence-electron chi connectivity index (χ3n) is 4.73. The zero-order valence-electron chi connectivity index (χ0n) is 14.0. The van der Waals surface area contributed by atoms with E-state index >= 15 is 0 Å². The van der Waals surface area contributed by atoms with Gasteiger partial charge in [-0.3, -0.25) is 8.82 Å². The molecular weight excluding hydrogens is 380 g/mol. The second kappa shape index (κ2) is 7.02. The number of halogens is 1. The lowest BCUT2D eigenvalue weighted by molar-refractivity contribution is 0.109. The Labute approximate surface area is 156 Å². The highest BCUT2D eigenvalue weighted by Gasteiger charge is 2.29. The number of fused-ring (bicyclic) bond motifs is 3. The molecule has 2 aromatic rings. The molecule has 0 fully saturated rings. The van der Waals surface area contributed by atoms with Crippen molar-refractivity contribution in [3.05, 3.63) is 71.3 Å². The third-order valence-corrected chi connectivity index (χ3v) is 5.16. The Morgan fingerprint density at radius 1 is 1.16 bits per heavy atom. The largest absolute Gasteiger partial charge is 0.497 e. The molecule has 1 atom stereocenters. The van der Waals surface area contributed by atoms with Crippen LogP contribution in [0.4, 0.5) is 0 Å². The quantitative estimate of drug-likeness (QED) is 0.781. The van der Waals surface area contributed by atoms with E-state index in [9.17, 15) is 0 Å². The lowest BCUT2D eigenvalue weighted by Gasteiger charge is -2.36. The average molecular weight is 399 g/mol. The summed E-state index contributed by atoms with van der Waals surface area (Å²) in [6.07, 6.45) is 3.05.